The molecule has 1 fully saturated rings. The highest BCUT2D eigenvalue weighted by atomic mass is 35.5. The second kappa shape index (κ2) is 8.80. The molecule has 0 radical (unpaired) electrons. The first kappa shape index (κ1) is 20.4. The summed E-state index contributed by atoms with van der Waals surface area (Å²) in [4.78, 5) is 32.3. The molecule has 150 valence electrons. The van der Waals surface area contributed by atoms with E-state index in [0.29, 0.717) is 42.2 Å². The summed E-state index contributed by atoms with van der Waals surface area (Å²) < 4.78 is 5.07. The van der Waals surface area contributed by atoms with Gasteiger partial charge in [0.25, 0.3) is 5.91 Å². The number of esters is 1. The molecular formula is C21H26ClN3O3. The van der Waals surface area contributed by atoms with E-state index in [-0.39, 0.29) is 5.91 Å². The average Bonchev–Trinajstić information content (AvgIpc) is 2.98. The van der Waals surface area contributed by atoms with Gasteiger partial charge in [0.05, 0.1) is 12.2 Å². The second-order valence-corrected chi connectivity index (χ2v) is 7.48. The zero-order valence-electron chi connectivity index (χ0n) is 16.5. The van der Waals surface area contributed by atoms with Gasteiger partial charge in [0.15, 0.2) is 0 Å². The predicted octanol–water partition coefficient (Wildman–Crippen LogP) is 3.42. The number of benzene rings is 1. The van der Waals surface area contributed by atoms with Crippen molar-refractivity contribution in [3.63, 3.8) is 0 Å². The second-order valence-electron chi connectivity index (χ2n) is 7.04. The van der Waals surface area contributed by atoms with Gasteiger partial charge in [-0.1, -0.05) is 23.7 Å². The minimum Gasteiger partial charge on any atom is -0.461 e. The van der Waals surface area contributed by atoms with Crippen molar-refractivity contribution in [3.8, 4) is 0 Å². The van der Waals surface area contributed by atoms with Crippen molar-refractivity contribution in [1.82, 2.24) is 14.8 Å². The minimum absolute atomic E-state index is 0.0343. The quantitative estimate of drug-likeness (QED) is 0.777. The summed E-state index contributed by atoms with van der Waals surface area (Å²) in [6, 6.07) is 7.86. The number of amides is 1. The Morgan fingerprint density at radius 1 is 1.11 bits per heavy atom. The smallest absolute Gasteiger partial charge is 0.355 e. The summed E-state index contributed by atoms with van der Waals surface area (Å²) in [7, 11) is 0. The maximum absolute atomic E-state index is 13.1. The summed E-state index contributed by atoms with van der Waals surface area (Å²) in [6.45, 7) is 9.45. The van der Waals surface area contributed by atoms with Crippen LogP contribution in [0.5, 0.6) is 0 Å². The molecule has 1 aliphatic heterocycles. The lowest BCUT2D eigenvalue weighted by Crippen LogP contribution is -2.48. The number of ether oxygens (including phenoxy) is 1. The molecule has 0 unspecified atom stereocenters. The molecule has 1 N–H and O–H groups in total. The van der Waals surface area contributed by atoms with E-state index in [4.69, 9.17) is 16.3 Å². The number of aromatic amines is 1. The van der Waals surface area contributed by atoms with Crippen molar-refractivity contribution in [2.24, 2.45) is 0 Å². The number of carbonyl (C=O) groups is 2. The number of halogens is 1. The Hall–Kier alpha value is -2.31. The van der Waals surface area contributed by atoms with Crippen molar-refractivity contribution in [3.05, 3.63) is 57.4 Å². The normalized spacial score (nSPS) is 14.9. The van der Waals surface area contributed by atoms with Crippen molar-refractivity contribution in [1.29, 1.82) is 0 Å². The summed E-state index contributed by atoms with van der Waals surface area (Å²) >= 11 is 5.94. The first-order valence-electron chi connectivity index (χ1n) is 9.53. The highest BCUT2D eigenvalue weighted by Gasteiger charge is 2.28. The van der Waals surface area contributed by atoms with Gasteiger partial charge in [-0.05, 0) is 44.0 Å². The van der Waals surface area contributed by atoms with Crippen LogP contribution in [-0.2, 0) is 11.3 Å². The molecule has 1 amide bonds. The number of carbonyl (C=O) groups excluding carboxylic acids is 2. The van der Waals surface area contributed by atoms with Crippen LogP contribution in [0, 0.1) is 13.8 Å². The Morgan fingerprint density at radius 2 is 1.75 bits per heavy atom. The van der Waals surface area contributed by atoms with Crippen LogP contribution in [0.2, 0.25) is 5.02 Å². The van der Waals surface area contributed by atoms with Gasteiger partial charge in [-0.3, -0.25) is 9.69 Å². The number of nitrogens with one attached hydrogen (secondary N) is 1. The van der Waals surface area contributed by atoms with E-state index in [9.17, 15) is 9.59 Å². The fraction of sp³-hybridized carbons (Fsp3) is 0.429. The number of rotatable bonds is 5. The Kier molecular flexibility index (Phi) is 6.42. The molecule has 0 bridgehead atoms. The Balaban J connectivity index is 1.64. The largest absolute Gasteiger partial charge is 0.461 e. The van der Waals surface area contributed by atoms with Crippen LogP contribution >= 0.6 is 11.6 Å². The molecule has 0 aliphatic carbocycles. The molecule has 1 aromatic heterocycles. The molecule has 28 heavy (non-hydrogen) atoms. The van der Waals surface area contributed by atoms with Gasteiger partial charge in [0.1, 0.15) is 5.69 Å². The van der Waals surface area contributed by atoms with E-state index in [1.165, 1.54) is 5.56 Å². The number of aryl methyl sites for hydroxylation is 1. The highest BCUT2D eigenvalue weighted by molar-refractivity contribution is 6.30. The topological polar surface area (TPSA) is 65.6 Å². The maximum atomic E-state index is 13.1. The van der Waals surface area contributed by atoms with Crippen LogP contribution in [0.1, 0.15) is 44.6 Å². The van der Waals surface area contributed by atoms with Crippen molar-refractivity contribution in [2.45, 2.75) is 27.3 Å². The third kappa shape index (κ3) is 4.39. The van der Waals surface area contributed by atoms with Crippen LogP contribution in [0.4, 0.5) is 0 Å². The third-order valence-corrected chi connectivity index (χ3v) is 5.36. The summed E-state index contributed by atoms with van der Waals surface area (Å²) in [5, 5.41) is 0.735. The fourth-order valence-corrected chi connectivity index (χ4v) is 3.72. The molecule has 6 nitrogen and oxygen atoms in total. The van der Waals surface area contributed by atoms with Gasteiger partial charge < -0.3 is 14.6 Å². The van der Waals surface area contributed by atoms with Gasteiger partial charge in [0.2, 0.25) is 0 Å². The molecule has 1 aromatic carbocycles. The van der Waals surface area contributed by atoms with E-state index >= 15 is 0 Å². The van der Waals surface area contributed by atoms with E-state index in [1.54, 1.807) is 13.8 Å². The molecule has 7 heteroatoms. The van der Waals surface area contributed by atoms with E-state index in [0.717, 1.165) is 24.7 Å². The van der Waals surface area contributed by atoms with Crippen molar-refractivity contribution < 1.29 is 14.3 Å². The monoisotopic (exact) mass is 403 g/mol. The highest BCUT2D eigenvalue weighted by Crippen LogP contribution is 2.22. The molecule has 0 saturated carbocycles. The SMILES string of the molecule is CCOC(=O)c1[nH]c(C)c(C(=O)N2CCN(Cc3ccc(Cl)cc3)CC2)c1C. The summed E-state index contributed by atoms with van der Waals surface area (Å²) in [5.74, 6) is -0.456. The van der Waals surface area contributed by atoms with Gasteiger partial charge in [-0.25, -0.2) is 4.79 Å². The van der Waals surface area contributed by atoms with E-state index < -0.39 is 5.97 Å². The number of piperazine rings is 1. The molecule has 0 atom stereocenters. The molecular weight excluding hydrogens is 378 g/mol. The van der Waals surface area contributed by atoms with Gasteiger partial charge >= 0.3 is 5.97 Å². The van der Waals surface area contributed by atoms with Gasteiger partial charge in [0, 0.05) is 43.4 Å². The van der Waals surface area contributed by atoms with Crippen LogP contribution in [-0.4, -0.2) is 59.4 Å². The Morgan fingerprint density at radius 3 is 2.36 bits per heavy atom. The third-order valence-electron chi connectivity index (χ3n) is 5.11. The number of H-pyrrole nitrogens is 1. The first-order valence-corrected chi connectivity index (χ1v) is 9.90. The molecule has 2 aromatic rings. The maximum Gasteiger partial charge on any atom is 0.355 e. The lowest BCUT2D eigenvalue weighted by Gasteiger charge is -2.35. The fourth-order valence-electron chi connectivity index (χ4n) is 3.59. The Labute approximate surface area is 170 Å². The standard InChI is InChI=1S/C21H26ClN3O3/c1-4-28-21(27)19-14(2)18(15(3)23-19)20(26)25-11-9-24(10-12-25)13-16-5-7-17(22)8-6-16/h5-8,23H,4,9-13H2,1-3H3. The number of hydrogen-bond acceptors (Lipinski definition) is 4. The molecule has 2 heterocycles. The van der Waals surface area contributed by atoms with Gasteiger partial charge in [-0.15, -0.1) is 0 Å². The molecule has 3 rings (SSSR count). The zero-order chi connectivity index (χ0) is 20.3. The zero-order valence-corrected chi connectivity index (χ0v) is 17.3. The minimum atomic E-state index is -0.421. The Bertz CT molecular complexity index is 853. The predicted molar refractivity (Wildman–Crippen MR) is 109 cm³/mol. The summed E-state index contributed by atoms with van der Waals surface area (Å²) in [6.07, 6.45) is 0. The van der Waals surface area contributed by atoms with E-state index in [1.807, 2.05) is 36.1 Å². The molecule has 1 saturated heterocycles. The number of nitrogens with zero attached hydrogens (tertiary/aromatic N) is 2. The van der Waals surface area contributed by atoms with Crippen LogP contribution in [0.15, 0.2) is 24.3 Å². The van der Waals surface area contributed by atoms with Crippen LogP contribution in [0.3, 0.4) is 0 Å². The lowest BCUT2D eigenvalue weighted by molar-refractivity contribution is 0.0519. The average molecular weight is 404 g/mol. The first-order chi connectivity index (χ1) is 13.4. The lowest BCUT2D eigenvalue weighted by atomic mass is 10.1. The van der Waals surface area contributed by atoms with Crippen LogP contribution < -0.4 is 0 Å². The number of hydrogen-bond donors (Lipinski definition) is 1. The van der Waals surface area contributed by atoms with Crippen LogP contribution in [0.25, 0.3) is 0 Å². The molecule has 0 spiro atoms. The van der Waals surface area contributed by atoms with E-state index in [2.05, 4.69) is 9.88 Å². The molecule has 1 aliphatic rings. The number of aromatic nitrogens is 1. The van der Waals surface area contributed by atoms with Crippen molar-refractivity contribution >= 4 is 23.5 Å². The van der Waals surface area contributed by atoms with Gasteiger partial charge in [-0.2, -0.15) is 0 Å². The van der Waals surface area contributed by atoms with Crippen molar-refractivity contribution in [2.75, 3.05) is 32.8 Å². The summed E-state index contributed by atoms with van der Waals surface area (Å²) in [5.41, 5.74) is 3.51.